The Hall–Kier alpha value is -1.53. The van der Waals surface area contributed by atoms with Gasteiger partial charge in [-0.25, -0.2) is 4.79 Å². The monoisotopic (exact) mass is 413 g/mol. The van der Waals surface area contributed by atoms with Crippen molar-refractivity contribution in [2.45, 2.75) is 6.61 Å². The molecule has 0 aliphatic carbocycles. The van der Waals surface area contributed by atoms with Crippen LogP contribution in [0.1, 0.15) is 5.56 Å². The van der Waals surface area contributed by atoms with Crippen molar-refractivity contribution in [3.8, 4) is 5.75 Å². The van der Waals surface area contributed by atoms with Crippen LogP contribution in [0.25, 0.3) is 0 Å². The number of rotatable bonds is 4. The predicted molar refractivity (Wildman–Crippen MR) is 88.6 cm³/mol. The van der Waals surface area contributed by atoms with Crippen LogP contribution in [0.3, 0.4) is 0 Å². The molecule has 4 nitrogen and oxygen atoms in total. The summed E-state index contributed by atoms with van der Waals surface area (Å²) in [5.41, 5.74) is 1.51. The summed E-state index contributed by atoms with van der Waals surface area (Å²) in [5.74, 6) is 0.622. The number of carbonyl (C=O) groups is 1. The van der Waals surface area contributed by atoms with Crippen molar-refractivity contribution in [3.63, 3.8) is 0 Å². The molecular formula is C15H13Br2NO3. The Morgan fingerprint density at radius 3 is 2.52 bits per heavy atom. The molecule has 2 aromatic carbocycles. The SMILES string of the molecule is COc1cc(NC(=O)OCc2ccccc2)c(Br)cc1Br. The summed E-state index contributed by atoms with van der Waals surface area (Å²) in [5, 5.41) is 2.67. The van der Waals surface area contributed by atoms with Crippen LogP contribution in [0, 0.1) is 0 Å². The van der Waals surface area contributed by atoms with Gasteiger partial charge in [0.15, 0.2) is 0 Å². The maximum Gasteiger partial charge on any atom is 0.411 e. The van der Waals surface area contributed by atoms with Crippen molar-refractivity contribution in [2.75, 3.05) is 12.4 Å². The van der Waals surface area contributed by atoms with Gasteiger partial charge in [-0.3, -0.25) is 5.32 Å². The number of nitrogens with one attached hydrogen (secondary N) is 1. The van der Waals surface area contributed by atoms with Gasteiger partial charge in [-0.15, -0.1) is 0 Å². The first-order chi connectivity index (χ1) is 10.1. The minimum atomic E-state index is -0.524. The minimum Gasteiger partial charge on any atom is -0.495 e. The first kappa shape index (κ1) is 15.9. The Labute approximate surface area is 139 Å². The minimum absolute atomic E-state index is 0.220. The second-order valence-electron chi connectivity index (χ2n) is 4.15. The molecule has 1 N–H and O–H groups in total. The standard InChI is InChI=1S/C15H13Br2NO3/c1-20-14-8-13(11(16)7-12(14)17)18-15(19)21-9-10-5-3-2-4-6-10/h2-8H,9H2,1H3,(H,18,19). The number of hydrogen-bond donors (Lipinski definition) is 1. The Morgan fingerprint density at radius 2 is 1.86 bits per heavy atom. The van der Waals surface area contributed by atoms with E-state index in [4.69, 9.17) is 9.47 Å². The lowest BCUT2D eigenvalue weighted by Crippen LogP contribution is -2.14. The van der Waals surface area contributed by atoms with Gasteiger partial charge in [-0.1, -0.05) is 30.3 Å². The summed E-state index contributed by atoms with van der Waals surface area (Å²) in [6.45, 7) is 0.220. The summed E-state index contributed by atoms with van der Waals surface area (Å²) < 4.78 is 11.9. The normalized spacial score (nSPS) is 10.0. The van der Waals surface area contributed by atoms with E-state index in [0.717, 1.165) is 14.5 Å². The molecule has 0 fully saturated rings. The Morgan fingerprint density at radius 1 is 1.14 bits per heavy atom. The fourth-order valence-electron chi connectivity index (χ4n) is 1.65. The van der Waals surface area contributed by atoms with Crippen LogP contribution in [-0.2, 0) is 11.3 Å². The first-order valence-corrected chi connectivity index (χ1v) is 7.69. The quantitative estimate of drug-likeness (QED) is 0.768. The maximum atomic E-state index is 11.8. The predicted octanol–water partition coefficient (Wildman–Crippen LogP) is 4.97. The van der Waals surface area contributed by atoms with Gasteiger partial charge in [0.05, 0.1) is 17.3 Å². The van der Waals surface area contributed by atoms with E-state index in [2.05, 4.69) is 37.2 Å². The highest BCUT2D eigenvalue weighted by Crippen LogP contribution is 2.34. The van der Waals surface area contributed by atoms with E-state index >= 15 is 0 Å². The summed E-state index contributed by atoms with van der Waals surface area (Å²) in [7, 11) is 1.56. The molecule has 0 aromatic heterocycles. The lowest BCUT2D eigenvalue weighted by atomic mass is 10.2. The molecule has 1 amide bonds. The molecule has 0 radical (unpaired) electrons. The largest absolute Gasteiger partial charge is 0.495 e. The second-order valence-corrected chi connectivity index (χ2v) is 5.86. The van der Waals surface area contributed by atoms with Crippen molar-refractivity contribution in [3.05, 3.63) is 57.0 Å². The smallest absolute Gasteiger partial charge is 0.411 e. The van der Waals surface area contributed by atoms with E-state index in [9.17, 15) is 4.79 Å². The number of anilines is 1. The number of methoxy groups -OCH3 is 1. The summed E-state index contributed by atoms with van der Waals surface area (Å²) in [4.78, 5) is 11.8. The fraction of sp³-hybridized carbons (Fsp3) is 0.133. The number of ether oxygens (including phenoxy) is 2. The van der Waals surface area contributed by atoms with Crippen molar-refractivity contribution in [2.24, 2.45) is 0 Å². The number of amides is 1. The van der Waals surface area contributed by atoms with Gasteiger partial charge in [0.2, 0.25) is 0 Å². The molecule has 0 unspecified atom stereocenters. The van der Waals surface area contributed by atoms with Crippen LogP contribution in [0.4, 0.5) is 10.5 Å². The number of carbonyl (C=O) groups excluding carboxylic acids is 1. The van der Waals surface area contributed by atoms with Crippen LogP contribution >= 0.6 is 31.9 Å². The van der Waals surface area contributed by atoms with Gasteiger partial charge < -0.3 is 9.47 Å². The fourth-order valence-corrected chi connectivity index (χ4v) is 2.91. The summed E-state index contributed by atoms with van der Waals surface area (Å²) in [6, 6.07) is 13.0. The lowest BCUT2D eigenvalue weighted by Gasteiger charge is -2.11. The van der Waals surface area contributed by atoms with Crippen LogP contribution in [0.15, 0.2) is 51.4 Å². The van der Waals surface area contributed by atoms with Gasteiger partial charge in [0.1, 0.15) is 12.4 Å². The summed E-state index contributed by atoms with van der Waals surface area (Å²) >= 11 is 6.75. The molecule has 0 aliphatic heterocycles. The molecule has 0 saturated carbocycles. The highest BCUT2D eigenvalue weighted by molar-refractivity contribution is 9.11. The second kappa shape index (κ2) is 7.47. The molecule has 21 heavy (non-hydrogen) atoms. The molecule has 0 spiro atoms. The van der Waals surface area contributed by atoms with Crippen LogP contribution < -0.4 is 10.1 Å². The van der Waals surface area contributed by atoms with E-state index in [1.807, 2.05) is 30.3 Å². The Balaban J connectivity index is 1.99. The average Bonchev–Trinajstić information content (AvgIpc) is 2.49. The molecule has 2 aromatic rings. The van der Waals surface area contributed by atoms with Crippen LogP contribution in [0.2, 0.25) is 0 Å². The van der Waals surface area contributed by atoms with Crippen molar-refractivity contribution < 1.29 is 14.3 Å². The van der Waals surface area contributed by atoms with Crippen molar-refractivity contribution in [1.82, 2.24) is 0 Å². The van der Waals surface area contributed by atoms with Gasteiger partial charge in [0, 0.05) is 10.5 Å². The highest BCUT2D eigenvalue weighted by atomic mass is 79.9. The molecule has 0 bridgehead atoms. The zero-order chi connectivity index (χ0) is 15.2. The van der Waals surface area contributed by atoms with Gasteiger partial charge in [-0.05, 0) is 43.5 Å². The van der Waals surface area contributed by atoms with E-state index in [1.165, 1.54) is 0 Å². The molecule has 2 rings (SSSR count). The third-order valence-electron chi connectivity index (χ3n) is 2.69. The molecular weight excluding hydrogens is 402 g/mol. The number of halogens is 2. The van der Waals surface area contributed by atoms with E-state index < -0.39 is 6.09 Å². The number of hydrogen-bond acceptors (Lipinski definition) is 3. The average molecular weight is 415 g/mol. The highest BCUT2D eigenvalue weighted by Gasteiger charge is 2.11. The molecule has 0 atom stereocenters. The molecule has 110 valence electrons. The third kappa shape index (κ3) is 4.47. The van der Waals surface area contributed by atoms with Crippen molar-refractivity contribution in [1.29, 1.82) is 0 Å². The van der Waals surface area contributed by atoms with Crippen LogP contribution in [0.5, 0.6) is 5.75 Å². The topological polar surface area (TPSA) is 47.6 Å². The third-order valence-corrected chi connectivity index (χ3v) is 3.97. The first-order valence-electron chi connectivity index (χ1n) is 6.11. The Bertz CT molecular complexity index is 632. The molecule has 6 heteroatoms. The van der Waals surface area contributed by atoms with E-state index in [-0.39, 0.29) is 6.61 Å². The lowest BCUT2D eigenvalue weighted by molar-refractivity contribution is 0.155. The zero-order valence-electron chi connectivity index (χ0n) is 11.2. The molecule has 0 saturated heterocycles. The van der Waals surface area contributed by atoms with Crippen LogP contribution in [-0.4, -0.2) is 13.2 Å². The van der Waals surface area contributed by atoms with Gasteiger partial charge >= 0.3 is 6.09 Å². The van der Waals surface area contributed by atoms with Gasteiger partial charge in [-0.2, -0.15) is 0 Å². The maximum absolute atomic E-state index is 11.8. The number of benzene rings is 2. The Kier molecular flexibility index (Phi) is 5.64. The molecule has 0 heterocycles. The summed E-state index contributed by atoms with van der Waals surface area (Å²) in [6.07, 6.45) is -0.524. The zero-order valence-corrected chi connectivity index (χ0v) is 14.4. The van der Waals surface area contributed by atoms with E-state index in [1.54, 1.807) is 19.2 Å². The van der Waals surface area contributed by atoms with Gasteiger partial charge in [0.25, 0.3) is 0 Å². The van der Waals surface area contributed by atoms with E-state index in [0.29, 0.717) is 11.4 Å². The molecule has 0 aliphatic rings. The van der Waals surface area contributed by atoms with Crippen molar-refractivity contribution >= 4 is 43.6 Å².